The number of aromatic nitrogens is 4. The minimum Gasteiger partial charge on any atom is -0.507 e. The summed E-state index contributed by atoms with van der Waals surface area (Å²) in [5.74, 6) is 0.141. The third-order valence-corrected chi connectivity index (χ3v) is 14.2. The minimum absolute atomic E-state index is 0.0704. The Morgan fingerprint density at radius 1 is 0.448 bits per heavy atom. The predicted molar refractivity (Wildman–Crippen MR) is 265 cm³/mol. The number of phenolic OH excluding ortho intramolecular Hbond substituents is 2. The van der Waals surface area contributed by atoms with Crippen LogP contribution in [0.5, 0.6) is 11.5 Å². The molecule has 0 saturated carbocycles. The second-order valence-electron chi connectivity index (χ2n) is 16.7. The van der Waals surface area contributed by atoms with Gasteiger partial charge in [0.2, 0.25) is 0 Å². The van der Waals surface area contributed by atoms with Crippen LogP contribution >= 0.6 is 0 Å². The van der Waals surface area contributed by atoms with Gasteiger partial charge in [-0.15, -0.1) is 0 Å². The van der Waals surface area contributed by atoms with Crippen molar-refractivity contribution in [3.63, 3.8) is 0 Å². The third kappa shape index (κ3) is 8.47. The molecule has 2 heterocycles. The zero-order valence-corrected chi connectivity index (χ0v) is 37.8. The highest BCUT2D eigenvalue weighted by atomic mass is 32.2. The van der Waals surface area contributed by atoms with Crippen molar-refractivity contribution < 1.29 is 27.0 Å². The fraction of sp³-hybridized carbons (Fsp3) is 0.0566. The number of benzene rings is 8. The largest absolute Gasteiger partial charge is 0.507 e. The van der Waals surface area contributed by atoms with Crippen LogP contribution in [0.25, 0.3) is 77.7 Å². The van der Waals surface area contributed by atoms with E-state index in [1.54, 1.807) is 70.0 Å². The van der Waals surface area contributed by atoms with Gasteiger partial charge in [-0.05, 0) is 172 Å². The maximum atomic E-state index is 12.2. The smallest absolute Gasteiger partial charge is 0.175 e. The number of nitrogens with zero attached hydrogens (tertiary/aromatic N) is 4. The molecule has 12 nitrogen and oxygen atoms in total. The Hall–Kier alpha value is -8.20. The SMILES string of the molecule is CS(=O)(=O)c1ccc(-n2cc3c(-c4cc(Cc5ccc(O)c(-c6cc(-c7ccc(N)cc7)cc7nn(-c8ccc(S(C)(=O)=O)cc8)cc67)c5)ccc4O)cc(-c4ccc(N)cc4)cc3n2)cc1. The summed E-state index contributed by atoms with van der Waals surface area (Å²) in [6.45, 7) is 0. The van der Waals surface area contributed by atoms with Gasteiger partial charge in [0.1, 0.15) is 11.5 Å². The van der Waals surface area contributed by atoms with Crippen molar-refractivity contribution in [1.82, 2.24) is 19.6 Å². The molecule has 8 aromatic carbocycles. The lowest BCUT2D eigenvalue weighted by molar-refractivity contribution is 0.477. The molecule has 332 valence electrons. The molecule has 0 spiro atoms. The minimum atomic E-state index is -3.39. The van der Waals surface area contributed by atoms with Crippen LogP contribution < -0.4 is 11.5 Å². The molecular weight excluding hydrogens is 881 g/mol. The Kier molecular flexibility index (Phi) is 10.4. The van der Waals surface area contributed by atoms with Gasteiger partial charge in [-0.2, -0.15) is 10.2 Å². The molecule has 0 aliphatic carbocycles. The van der Waals surface area contributed by atoms with E-state index >= 15 is 0 Å². The maximum absolute atomic E-state index is 12.2. The van der Waals surface area contributed by atoms with Gasteiger partial charge in [0, 0.05) is 58.2 Å². The molecule has 6 N–H and O–H groups in total. The van der Waals surface area contributed by atoms with Gasteiger partial charge in [-0.3, -0.25) is 0 Å². The number of fused-ring (bicyclic) bond motifs is 2. The van der Waals surface area contributed by atoms with Crippen LogP contribution in [0.2, 0.25) is 0 Å². The van der Waals surface area contributed by atoms with Crippen LogP contribution in [-0.4, -0.2) is 59.1 Å². The molecule has 0 bridgehead atoms. The van der Waals surface area contributed by atoms with Crippen LogP contribution in [0.1, 0.15) is 11.1 Å². The lowest BCUT2D eigenvalue weighted by Crippen LogP contribution is -1.99. The molecule has 0 unspecified atom stereocenters. The first-order valence-electron chi connectivity index (χ1n) is 21.1. The number of hydrogen-bond acceptors (Lipinski definition) is 10. The van der Waals surface area contributed by atoms with E-state index < -0.39 is 19.7 Å². The fourth-order valence-electron chi connectivity index (χ4n) is 8.39. The highest BCUT2D eigenvalue weighted by Crippen LogP contribution is 2.42. The van der Waals surface area contributed by atoms with E-state index in [4.69, 9.17) is 21.7 Å². The summed E-state index contributed by atoms with van der Waals surface area (Å²) in [4.78, 5) is 0.406. The van der Waals surface area contributed by atoms with E-state index in [1.165, 1.54) is 12.5 Å². The first kappa shape index (κ1) is 42.7. The molecule has 14 heteroatoms. The summed E-state index contributed by atoms with van der Waals surface area (Å²) < 4.78 is 52.2. The zero-order valence-electron chi connectivity index (χ0n) is 36.2. The summed E-state index contributed by atoms with van der Waals surface area (Å²) in [5.41, 5.74) is 23.9. The molecule has 0 amide bonds. The third-order valence-electron chi connectivity index (χ3n) is 11.9. The van der Waals surface area contributed by atoms with Crippen molar-refractivity contribution >= 4 is 52.9 Å². The number of phenols is 2. The number of hydrogen-bond donors (Lipinski definition) is 4. The molecule has 0 aliphatic heterocycles. The zero-order chi connectivity index (χ0) is 46.8. The van der Waals surface area contributed by atoms with Crippen LogP contribution in [0.3, 0.4) is 0 Å². The van der Waals surface area contributed by atoms with E-state index in [9.17, 15) is 27.0 Å². The molecular formula is C53H42N6O6S2. The van der Waals surface area contributed by atoms with Crippen molar-refractivity contribution in [2.75, 3.05) is 24.0 Å². The van der Waals surface area contributed by atoms with Gasteiger partial charge < -0.3 is 21.7 Å². The molecule has 10 rings (SSSR count). The van der Waals surface area contributed by atoms with Crippen LogP contribution in [0.4, 0.5) is 11.4 Å². The van der Waals surface area contributed by atoms with Crippen molar-refractivity contribution in [3.05, 3.63) is 181 Å². The number of sulfone groups is 2. The number of anilines is 2. The van der Waals surface area contributed by atoms with Crippen LogP contribution in [-0.2, 0) is 26.1 Å². The first-order valence-corrected chi connectivity index (χ1v) is 24.9. The molecule has 10 aromatic rings. The summed E-state index contributed by atoms with van der Waals surface area (Å²) in [6.07, 6.45) is 6.52. The van der Waals surface area contributed by atoms with Gasteiger partial charge in [-0.1, -0.05) is 36.4 Å². The van der Waals surface area contributed by atoms with Gasteiger partial charge >= 0.3 is 0 Å². The van der Waals surface area contributed by atoms with Gasteiger partial charge in [0.25, 0.3) is 0 Å². The molecule has 0 atom stereocenters. The number of aromatic hydroxyl groups is 2. The highest BCUT2D eigenvalue weighted by Gasteiger charge is 2.19. The maximum Gasteiger partial charge on any atom is 0.175 e. The monoisotopic (exact) mass is 922 g/mol. The normalized spacial score (nSPS) is 12.0. The quantitative estimate of drug-likeness (QED) is 0.0959. The number of nitrogens with two attached hydrogens (primary N) is 2. The van der Waals surface area contributed by atoms with E-state index in [1.807, 2.05) is 109 Å². The number of rotatable bonds is 10. The van der Waals surface area contributed by atoms with Crippen molar-refractivity contribution in [2.24, 2.45) is 0 Å². The summed E-state index contributed by atoms with van der Waals surface area (Å²) in [7, 11) is -6.79. The Bertz CT molecular complexity index is 3540. The van der Waals surface area contributed by atoms with Crippen molar-refractivity contribution in [3.8, 4) is 67.4 Å². The second kappa shape index (κ2) is 16.3. The Balaban J connectivity index is 1.06. The standard InChI is InChI=1S/C53H42N6O6S2/c1-66(62,63)42-17-13-40(14-18-42)58-30-48-44(26-36(28-50(48)56-58)34-5-9-38(54)10-6-34)46-24-32(3-21-52(46)60)23-33-4-22-53(61)47(25-33)45-27-37(35-7-11-39(55)12-8-35)29-51-49(45)31-59(57-51)41-15-19-43(20-16-41)67(2,64)65/h3-22,24-31,60-61H,23,54-55H2,1-2H3. The predicted octanol–water partition coefficient (Wildman–Crippen LogP) is 10.0. The Labute approximate surface area is 386 Å². The van der Waals surface area contributed by atoms with E-state index in [0.29, 0.717) is 51.3 Å². The van der Waals surface area contributed by atoms with E-state index in [-0.39, 0.29) is 21.3 Å². The lowest BCUT2D eigenvalue weighted by Gasteiger charge is -2.14. The van der Waals surface area contributed by atoms with Crippen LogP contribution in [0, 0.1) is 0 Å². The van der Waals surface area contributed by atoms with Crippen LogP contribution in [0.15, 0.2) is 180 Å². The molecule has 0 radical (unpaired) electrons. The lowest BCUT2D eigenvalue weighted by atomic mass is 9.91. The number of nitrogen functional groups attached to an aromatic ring is 2. The Morgan fingerprint density at radius 2 is 0.821 bits per heavy atom. The van der Waals surface area contributed by atoms with Gasteiger partial charge in [0.05, 0.1) is 32.2 Å². The highest BCUT2D eigenvalue weighted by molar-refractivity contribution is 7.91. The Morgan fingerprint density at radius 3 is 1.18 bits per heavy atom. The average molecular weight is 923 g/mol. The molecule has 0 saturated heterocycles. The summed E-state index contributed by atoms with van der Waals surface area (Å²) in [6, 6.07) is 47.1. The van der Waals surface area contributed by atoms with Gasteiger partial charge in [0.15, 0.2) is 19.7 Å². The average Bonchev–Trinajstić information content (AvgIpc) is 3.95. The molecule has 0 fully saturated rings. The first-order chi connectivity index (χ1) is 32.0. The van der Waals surface area contributed by atoms with Gasteiger partial charge in [-0.25, -0.2) is 26.2 Å². The van der Waals surface area contributed by atoms with Crippen molar-refractivity contribution in [2.45, 2.75) is 16.2 Å². The van der Waals surface area contributed by atoms with Crippen molar-refractivity contribution in [1.29, 1.82) is 0 Å². The van der Waals surface area contributed by atoms with E-state index in [2.05, 4.69) is 0 Å². The summed E-state index contributed by atoms with van der Waals surface area (Å²) >= 11 is 0. The topological polar surface area (TPSA) is 196 Å². The van der Waals surface area contributed by atoms with E-state index in [0.717, 1.165) is 55.3 Å². The molecule has 2 aromatic heterocycles. The molecule has 67 heavy (non-hydrogen) atoms. The molecule has 0 aliphatic rings. The second-order valence-corrected chi connectivity index (χ2v) is 20.7. The summed E-state index contributed by atoms with van der Waals surface area (Å²) in [5, 5.41) is 34.5. The fourth-order valence-corrected chi connectivity index (χ4v) is 9.65.